The molecule has 0 saturated heterocycles. The van der Waals surface area contributed by atoms with Gasteiger partial charge in [0.05, 0.1) is 12.0 Å². The number of halogens is 1. The molecular formula is C25H22ClN5O. The van der Waals surface area contributed by atoms with Crippen LogP contribution in [0, 0.1) is 0 Å². The zero-order valence-corrected chi connectivity index (χ0v) is 18.1. The SMILES string of the molecule is O=C(N=CN(NCCn1ccnc1)c1ccc(-c2ccccc2)cc1)c1cccc(Cl)c1. The zero-order valence-electron chi connectivity index (χ0n) is 17.3. The monoisotopic (exact) mass is 443 g/mol. The first-order valence-electron chi connectivity index (χ1n) is 10.2. The molecule has 0 spiro atoms. The first kappa shape index (κ1) is 21.5. The van der Waals surface area contributed by atoms with Gasteiger partial charge in [0, 0.05) is 36.1 Å². The Labute approximate surface area is 191 Å². The number of imidazole rings is 1. The smallest absolute Gasteiger partial charge is 0.278 e. The Hall–Kier alpha value is -3.74. The number of hydrogen-bond acceptors (Lipinski definition) is 3. The molecule has 1 aromatic heterocycles. The topological polar surface area (TPSA) is 62.5 Å². The van der Waals surface area contributed by atoms with Gasteiger partial charge in [-0.05, 0) is 41.5 Å². The summed E-state index contributed by atoms with van der Waals surface area (Å²) in [6.45, 7) is 1.34. The molecule has 0 radical (unpaired) electrons. The molecule has 0 unspecified atom stereocenters. The minimum atomic E-state index is -0.366. The molecule has 1 heterocycles. The number of hydrogen-bond donors (Lipinski definition) is 1. The minimum Gasteiger partial charge on any atom is -0.336 e. The van der Waals surface area contributed by atoms with E-state index in [2.05, 4.69) is 27.5 Å². The van der Waals surface area contributed by atoms with E-state index in [0.29, 0.717) is 23.7 Å². The van der Waals surface area contributed by atoms with Gasteiger partial charge in [0.1, 0.15) is 6.34 Å². The molecule has 0 fully saturated rings. The van der Waals surface area contributed by atoms with Crippen molar-refractivity contribution in [2.75, 3.05) is 11.6 Å². The van der Waals surface area contributed by atoms with E-state index in [4.69, 9.17) is 11.6 Å². The van der Waals surface area contributed by atoms with Gasteiger partial charge in [-0.25, -0.2) is 10.4 Å². The van der Waals surface area contributed by atoms with E-state index in [9.17, 15) is 4.79 Å². The highest BCUT2D eigenvalue weighted by atomic mass is 35.5. The molecule has 0 bridgehead atoms. The van der Waals surface area contributed by atoms with Crippen molar-refractivity contribution in [3.05, 3.63) is 108 Å². The molecule has 3 aromatic carbocycles. The summed E-state index contributed by atoms with van der Waals surface area (Å²) in [5.41, 5.74) is 6.86. The Morgan fingerprint density at radius 3 is 2.53 bits per heavy atom. The number of benzene rings is 3. The maximum atomic E-state index is 12.5. The van der Waals surface area contributed by atoms with Gasteiger partial charge in [0.2, 0.25) is 0 Å². The van der Waals surface area contributed by atoms with Crippen LogP contribution in [0.1, 0.15) is 10.4 Å². The second-order valence-electron chi connectivity index (χ2n) is 7.05. The average Bonchev–Trinajstić information content (AvgIpc) is 3.35. The third-order valence-electron chi connectivity index (χ3n) is 4.83. The van der Waals surface area contributed by atoms with Crippen molar-refractivity contribution in [1.82, 2.24) is 15.0 Å². The van der Waals surface area contributed by atoms with E-state index in [1.54, 1.807) is 41.8 Å². The number of anilines is 1. The van der Waals surface area contributed by atoms with E-state index in [-0.39, 0.29) is 5.91 Å². The third-order valence-corrected chi connectivity index (χ3v) is 5.06. The maximum absolute atomic E-state index is 12.5. The molecule has 7 heteroatoms. The normalized spacial score (nSPS) is 11.0. The Bertz CT molecular complexity index is 1170. The largest absolute Gasteiger partial charge is 0.336 e. The summed E-state index contributed by atoms with van der Waals surface area (Å²) in [5.74, 6) is -0.366. The number of aliphatic imine (C=N–C) groups is 1. The average molecular weight is 444 g/mol. The van der Waals surface area contributed by atoms with E-state index >= 15 is 0 Å². The van der Waals surface area contributed by atoms with Crippen molar-refractivity contribution in [3.63, 3.8) is 0 Å². The number of amides is 1. The van der Waals surface area contributed by atoms with Crippen molar-refractivity contribution in [1.29, 1.82) is 0 Å². The number of nitrogens with zero attached hydrogens (tertiary/aromatic N) is 4. The second-order valence-corrected chi connectivity index (χ2v) is 7.49. The third kappa shape index (κ3) is 5.69. The van der Waals surface area contributed by atoms with Crippen LogP contribution in [0.15, 0.2) is 103 Å². The van der Waals surface area contributed by atoms with Crippen molar-refractivity contribution < 1.29 is 4.79 Å². The van der Waals surface area contributed by atoms with Gasteiger partial charge in [0.15, 0.2) is 0 Å². The summed E-state index contributed by atoms with van der Waals surface area (Å²) in [7, 11) is 0. The predicted molar refractivity (Wildman–Crippen MR) is 129 cm³/mol. The van der Waals surface area contributed by atoms with Crippen LogP contribution >= 0.6 is 11.6 Å². The lowest BCUT2D eigenvalue weighted by Crippen LogP contribution is -2.39. The number of carbonyl (C=O) groups is 1. The lowest BCUT2D eigenvalue weighted by molar-refractivity contribution is 0.100. The van der Waals surface area contributed by atoms with Crippen molar-refractivity contribution in [2.24, 2.45) is 4.99 Å². The first-order valence-corrected chi connectivity index (χ1v) is 10.5. The van der Waals surface area contributed by atoms with Gasteiger partial charge in [-0.1, -0.05) is 60.1 Å². The molecule has 1 amide bonds. The highest BCUT2D eigenvalue weighted by molar-refractivity contribution is 6.31. The maximum Gasteiger partial charge on any atom is 0.278 e. The summed E-state index contributed by atoms with van der Waals surface area (Å²) in [6, 6.07) is 25.0. The molecule has 4 aromatic rings. The second kappa shape index (κ2) is 10.5. The molecule has 1 N–H and O–H groups in total. The Morgan fingerprint density at radius 1 is 1.03 bits per heavy atom. The highest BCUT2D eigenvalue weighted by Gasteiger charge is 2.08. The van der Waals surface area contributed by atoms with Crippen LogP contribution in [0.4, 0.5) is 5.69 Å². The van der Waals surface area contributed by atoms with Crippen LogP contribution in [0.3, 0.4) is 0 Å². The summed E-state index contributed by atoms with van der Waals surface area (Å²) in [5, 5.41) is 2.24. The lowest BCUT2D eigenvalue weighted by atomic mass is 10.1. The highest BCUT2D eigenvalue weighted by Crippen LogP contribution is 2.22. The summed E-state index contributed by atoms with van der Waals surface area (Å²) in [6.07, 6.45) is 6.90. The Morgan fingerprint density at radius 2 is 1.81 bits per heavy atom. The van der Waals surface area contributed by atoms with Crippen LogP contribution in [0.2, 0.25) is 5.02 Å². The van der Waals surface area contributed by atoms with Crippen LogP contribution in [0.5, 0.6) is 0 Å². The van der Waals surface area contributed by atoms with E-state index < -0.39 is 0 Å². The molecule has 0 aliphatic carbocycles. The van der Waals surface area contributed by atoms with Gasteiger partial charge >= 0.3 is 0 Å². The molecular weight excluding hydrogens is 422 g/mol. The van der Waals surface area contributed by atoms with Crippen molar-refractivity contribution >= 4 is 29.5 Å². The van der Waals surface area contributed by atoms with Gasteiger partial charge in [-0.3, -0.25) is 9.80 Å². The van der Waals surface area contributed by atoms with Gasteiger partial charge in [-0.2, -0.15) is 4.99 Å². The molecule has 160 valence electrons. The zero-order chi connectivity index (χ0) is 22.2. The van der Waals surface area contributed by atoms with E-state index in [1.807, 2.05) is 53.2 Å². The van der Waals surface area contributed by atoms with Crippen LogP contribution < -0.4 is 10.4 Å². The fourth-order valence-electron chi connectivity index (χ4n) is 3.17. The van der Waals surface area contributed by atoms with E-state index in [0.717, 1.165) is 16.8 Å². The number of aromatic nitrogens is 2. The number of hydrazine groups is 1. The number of carbonyl (C=O) groups excluding carboxylic acids is 1. The molecule has 0 saturated carbocycles. The molecule has 32 heavy (non-hydrogen) atoms. The van der Waals surface area contributed by atoms with Gasteiger partial charge < -0.3 is 4.57 Å². The van der Waals surface area contributed by atoms with Gasteiger partial charge in [-0.15, -0.1) is 0 Å². The predicted octanol–water partition coefficient (Wildman–Crippen LogP) is 5.08. The molecule has 0 aliphatic rings. The van der Waals surface area contributed by atoms with Crippen LogP contribution in [-0.4, -0.2) is 28.3 Å². The summed E-state index contributed by atoms with van der Waals surface area (Å²) in [4.78, 5) is 20.7. The first-order chi connectivity index (χ1) is 15.7. The molecule has 0 atom stereocenters. The van der Waals surface area contributed by atoms with Crippen LogP contribution in [0.25, 0.3) is 11.1 Å². The standard InChI is InChI=1S/C25H22ClN5O/c26-23-8-4-7-22(17-23)25(32)28-19-31(29-14-16-30-15-13-27-18-30)24-11-9-21(10-12-24)20-5-2-1-3-6-20/h1-13,15,17-19,29H,14,16H2. The fourth-order valence-corrected chi connectivity index (χ4v) is 3.36. The van der Waals surface area contributed by atoms with Crippen LogP contribution in [-0.2, 0) is 6.54 Å². The quantitative estimate of drug-likeness (QED) is 0.234. The number of nitrogens with one attached hydrogen (secondary N) is 1. The van der Waals surface area contributed by atoms with Crippen molar-refractivity contribution in [2.45, 2.75) is 6.54 Å². The molecule has 6 nitrogen and oxygen atoms in total. The fraction of sp³-hybridized carbons (Fsp3) is 0.0800. The minimum absolute atomic E-state index is 0.366. The summed E-state index contributed by atoms with van der Waals surface area (Å²) >= 11 is 6.00. The van der Waals surface area contributed by atoms with E-state index in [1.165, 1.54) is 6.34 Å². The Balaban J connectivity index is 1.51. The lowest BCUT2D eigenvalue weighted by Gasteiger charge is -2.21. The number of rotatable bonds is 8. The summed E-state index contributed by atoms with van der Waals surface area (Å²) < 4.78 is 1.97. The van der Waals surface area contributed by atoms with Gasteiger partial charge in [0.25, 0.3) is 5.91 Å². The molecule has 0 aliphatic heterocycles. The van der Waals surface area contributed by atoms with Crippen molar-refractivity contribution in [3.8, 4) is 11.1 Å². The Kier molecular flexibility index (Phi) is 7.07. The molecule has 4 rings (SSSR count).